The number of hydrogen-bond acceptors (Lipinski definition) is 3. The van der Waals surface area contributed by atoms with Crippen molar-refractivity contribution in [2.24, 2.45) is 5.41 Å². The monoisotopic (exact) mass is 589 g/mol. The van der Waals surface area contributed by atoms with Gasteiger partial charge in [0.25, 0.3) is 0 Å². The highest BCUT2D eigenvalue weighted by molar-refractivity contribution is 6.74. The number of nitrogens with zero attached hydrogens (tertiary/aromatic N) is 1. The van der Waals surface area contributed by atoms with E-state index in [1.165, 1.54) is 0 Å². The van der Waals surface area contributed by atoms with Gasteiger partial charge in [0, 0.05) is 28.1 Å². The molecule has 0 aromatic heterocycles. The molecular formula is C31H41Cl2NO4Si. The van der Waals surface area contributed by atoms with Crippen molar-refractivity contribution in [3.05, 3.63) is 69.7 Å². The summed E-state index contributed by atoms with van der Waals surface area (Å²) < 4.78 is 6.79. The van der Waals surface area contributed by atoms with Crippen LogP contribution >= 0.6 is 23.2 Å². The second kappa shape index (κ2) is 11.2. The summed E-state index contributed by atoms with van der Waals surface area (Å²) in [5.41, 5.74) is 0.952. The minimum absolute atomic E-state index is 0.0527. The minimum Gasteiger partial charge on any atom is -0.481 e. The summed E-state index contributed by atoms with van der Waals surface area (Å²) in [6, 6.07) is 15.1. The Morgan fingerprint density at radius 3 is 2.33 bits per heavy atom. The predicted molar refractivity (Wildman–Crippen MR) is 160 cm³/mol. The molecule has 5 atom stereocenters. The molecule has 2 aromatic rings. The maximum absolute atomic E-state index is 14.4. The Balaban J connectivity index is 1.78. The van der Waals surface area contributed by atoms with Crippen LogP contribution in [-0.4, -0.2) is 42.3 Å². The lowest BCUT2D eigenvalue weighted by molar-refractivity contribution is -0.160. The van der Waals surface area contributed by atoms with Gasteiger partial charge in [0.05, 0.1) is 17.9 Å². The Labute approximate surface area is 244 Å². The van der Waals surface area contributed by atoms with E-state index < -0.39 is 19.7 Å². The molecule has 1 aliphatic carbocycles. The summed E-state index contributed by atoms with van der Waals surface area (Å²) in [6.45, 7) is 13.1. The smallest absolute Gasteiger partial charge is 0.304 e. The normalized spacial score (nSPS) is 28.1. The van der Waals surface area contributed by atoms with Crippen LogP contribution in [0.5, 0.6) is 0 Å². The topological polar surface area (TPSA) is 66.8 Å². The second-order valence-corrected chi connectivity index (χ2v) is 18.8. The molecule has 212 valence electrons. The molecule has 0 bridgehead atoms. The van der Waals surface area contributed by atoms with Crippen molar-refractivity contribution in [1.82, 2.24) is 4.90 Å². The molecule has 5 nitrogen and oxygen atoms in total. The van der Waals surface area contributed by atoms with Gasteiger partial charge >= 0.3 is 5.97 Å². The Morgan fingerprint density at radius 2 is 1.74 bits per heavy atom. The molecule has 39 heavy (non-hydrogen) atoms. The van der Waals surface area contributed by atoms with Crippen LogP contribution in [0.2, 0.25) is 28.2 Å². The fraction of sp³-hybridized carbons (Fsp3) is 0.548. The van der Waals surface area contributed by atoms with Gasteiger partial charge in [0.1, 0.15) is 0 Å². The molecule has 0 radical (unpaired) electrons. The standard InChI is InChI=1S/C31H41Cl2NO4Si/c1-30(2,3)39(5,6)38-25-15-14-24(17-25)34-28(20-10-12-22(32)13-11-20)26(21-8-7-9-23(33)16-21)18-31(4,29(34)37)19-27(35)36/h7-13,16,24-26,28H,14-15,17-19H2,1-6H3,(H,35,36)/t24?,25?,26-,28-,31?/m1/s1. The lowest BCUT2D eigenvalue weighted by Crippen LogP contribution is -2.55. The highest BCUT2D eigenvalue weighted by atomic mass is 35.5. The number of benzene rings is 2. The van der Waals surface area contributed by atoms with Crippen molar-refractivity contribution in [1.29, 1.82) is 0 Å². The van der Waals surface area contributed by atoms with E-state index in [4.69, 9.17) is 27.6 Å². The van der Waals surface area contributed by atoms with Crippen LogP contribution in [0.25, 0.3) is 0 Å². The number of amides is 1. The van der Waals surface area contributed by atoms with Gasteiger partial charge in [-0.15, -0.1) is 0 Å². The zero-order valence-corrected chi connectivity index (χ0v) is 26.4. The first-order valence-corrected chi connectivity index (χ1v) is 17.5. The van der Waals surface area contributed by atoms with E-state index in [9.17, 15) is 14.7 Å². The molecule has 2 fully saturated rings. The van der Waals surface area contributed by atoms with Crippen molar-refractivity contribution in [2.45, 2.75) is 102 Å². The molecule has 4 rings (SSSR count). The fourth-order valence-electron chi connectivity index (χ4n) is 6.15. The van der Waals surface area contributed by atoms with Crippen molar-refractivity contribution < 1.29 is 19.1 Å². The van der Waals surface area contributed by atoms with Gasteiger partial charge in [-0.3, -0.25) is 9.59 Å². The number of piperidine rings is 1. The highest BCUT2D eigenvalue weighted by Gasteiger charge is 2.53. The van der Waals surface area contributed by atoms with Crippen molar-refractivity contribution >= 4 is 43.4 Å². The molecule has 1 amide bonds. The lowest BCUT2D eigenvalue weighted by atomic mass is 9.67. The maximum Gasteiger partial charge on any atom is 0.304 e. The van der Waals surface area contributed by atoms with E-state index in [0.29, 0.717) is 16.5 Å². The van der Waals surface area contributed by atoms with Gasteiger partial charge in [-0.2, -0.15) is 0 Å². The zero-order chi connectivity index (χ0) is 28.8. The van der Waals surface area contributed by atoms with Crippen molar-refractivity contribution in [3.8, 4) is 0 Å². The highest BCUT2D eigenvalue weighted by Crippen LogP contribution is 2.53. The number of carbonyl (C=O) groups is 2. The van der Waals surface area contributed by atoms with E-state index in [0.717, 1.165) is 30.4 Å². The van der Waals surface area contributed by atoms with Crippen LogP contribution in [0.4, 0.5) is 0 Å². The number of aliphatic carboxylic acids is 1. The lowest BCUT2D eigenvalue weighted by Gasteiger charge is -2.51. The quantitative estimate of drug-likeness (QED) is 0.329. The second-order valence-electron chi connectivity index (χ2n) is 13.2. The first-order valence-electron chi connectivity index (χ1n) is 13.8. The van der Waals surface area contributed by atoms with Crippen LogP contribution in [0, 0.1) is 5.41 Å². The molecule has 1 N–H and O–H groups in total. The third-order valence-corrected chi connectivity index (χ3v) is 14.2. The third-order valence-electron chi connectivity index (χ3n) is 9.15. The van der Waals surface area contributed by atoms with Gasteiger partial charge in [-0.05, 0) is 79.2 Å². The molecule has 1 saturated heterocycles. The largest absolute Gasteiger partial charge is 0.481 e. The number of halogens is 2. The maximum atomic E-state index is 14.4. The molecule has 2 aromatic carbocycles. The molecular weight excluding hydrogens is 549 g/mol. The molecule has 1 aliphatic heterocycles. The van der Waals surface area contributed by atoms with Gasteiger partial charge < -0.3 is 14.4 Å². The summed E-state index contributed by atoms with van der Waals surface area (Å²) in [6.07, 6.45) is 2.72. The number of carbonyl (C=O) groups excluding carboxylic acids is 1. The van der Waals surface area contributed by atoms with Crippen LogP contribution in [0.1, 0.15) is 82.9 Å². The molecule has 1 saturated carbocycles. The van der Waals surface area contributed by atoms with Crippen LogP contribution < -0.4 is 0 Å². The first kappa shape index (κ1) is 30.1. The SMILES string of the molecule is CC1(CC(=O)O)C[C@H](c2cccc(Cl)c2)[C@@H](c2ccc(Cl)cc2)N(C2CCC(O[Si](C)(C)C(C)(C)C)C2)C1=O. The number of carboxylic acid groups (broad SMARTS) is 1. The van der Waals surface area contributed by atoms with E-state index >= 15 is 0 Å². The number of rotatable bonds is 7. The fourth-order valence-corrected chi connectivity index (χ4v) is 7.88. The Bertz CT molecular complexity index is 1210. The van der Waals surface area contributed by atoms with Gasteiger partial charge in [-0.1, -0.05) is 75.2 Å². The summed E-state index contributed by atoms with van der Waals surface area (Å²) in [5, 5.41) is 11.2. The van der Waals surface area contributed by atoms with Gasteiger partial charge in [0.2, 0.25) is 5.91 Å². The Kier molecular flexibility index (Phi) is 8.64. The van der Waals surface area contributed by atoms with Crippen molar-refractivity contribution in [3.63, 3.8) is 0 Å². The van der Waals surface area contributed by atoms with Gasteiger partial charge in [0.15, 0.2) is 8.32 Å². The Hall–Kier alpha value is -1.86. The van der Waals surface area contributed by atoms with Gasteiger partial charge in [-0.25, -0.2) is 0 Å². The molecule has 2 aliphatic rings. The first-order chi connectivity index (χ1) is 18.1. The summed E-state index contributed by atoms with van der Waals surface area (Å²) in [5.74, 6) is -1.19. The van der Waals surface area contributed by atoms with E-state index in [1.54, 1.807) is 0 Å². The number of likely N-dealkylation sites (tertiary alicyclic amines) is 1. The average Bonchev–Trinajstić information content (AvgIpc) is 3.27. The van der Waals surface area contributed by atoms with Crippen LogP contribution in [0.15, 0.2) is 48.5 Å². The van der Waals surface area contributed by atoms with E-state index in [2.05, 4.69) is 33.9 Å². The number of carboxylic acids is 1. The predicted octanol–water partition coefficient (Wildman–Crippen LogP) is 8.47. The Morgan fingerprint density at radius 1 is 1.08 bits per heavy atom. The molecule has 0 spiro atoms. The minimum atomic E-state index is -1.99. The molecule has 1 heterocycles. The molecule has 3 unspecified atom stereocenters. The number of hydrogen-bond donors (Lipinski definition) is 1. The third kappa shape index (κ3) is 6.40. The van der Waals surface area contributed by atoms with Crippen LogP contribution in [-0.2, 0) is 14.0 Å². The van der Waals surface area contributed by atoms with Crippen LogP contribution in [0.3, 0.4) is 0 Å². The van der Waals surface area contributed by atoms with E-state index in [1.807, 2.05) is 60.4 Å². The van der Waals surface area contributed by atoms with E-state index in [-0.39, 0.29) is 41.5 Å². The summed E-state index contributed by atoms with van der Waals surface area (Å²) >= 11 is 12.7. The molecule has 8 heteroatoms. The average molecular weight is 591 g/mol. The zero-order valence-electron chi connectivity index (χ0n) is 23.8. The summed E-state index contributed by atoms with van der Waals surface area (Å²) in [7, 11) is -1.99. The summed E-state index contributed by atoms with van der Waals surface area (Å²) in [4.78, 5) is 28.4. The van der Waals surface area contributed by atoms with Crippen molar-refractivity contribution in [2.75, 3.05) is 0 Å².